The Morgan fingerprint density at radius 3 is 2.14 bits per heavy atom. The molecular formula is C4H9NNaO. The fraction of sp³-hybridized carbons (Fsp3) is 0.750. The van der Waals surface area contributed by atoms with Gasteiger partial charge in [0.15, 0.2) is 0 Å². The zero-order chi connectivity index (χ0) is 4.99. The van der Waals surface area contributed by atoms with E-state index in [2.05, 4.69) is 5.32 Å². The first-order chi connectivity index (χ1) is 2.81. The second-order valence-electron chi connectivity index (χ2n) is 1.03. The third kappa shape index (κ3) is 6.47. The molecule has 0 heterocycles. The van der Waals surface area contributed by atoms with Crippen molar-refractivity contribution in [3.63, 3.8) is 0 Å². The van der Waals surface area contributed by atoms with Crippen LogP contribution >= 0.6 is 0 Å². The van der Waals surface area contributed by atoms with Crippen molar-refractivity contribution in [3.8, 4) is 0 Å². The summed E-state index contributed by atoms with van der Waals surface area (Å²) in [6.45, 7) is 1.82. The second-order valence-corrected chi connectivity index (χ2v) is 1.03. The van der Waals surface area contributed by atoms with Crippen LogP contribution in [0, 0.1) is 0 Å². The molecule has 2 nitrogen and oxygen atoms in total. The number of hydrogen-bond acceptors (Lipinski definition) is 1. The minimum Gasteiger partial charge on any atom is -0.359 e. The Balaban J connectivity index is 0. The third-order valence-corrected chi connectivity index (χ3v) is 0.600. The molecule has 0 unspecified atom stereocenters. The molecule has 0 spiro atoms. The molecule has 1 N–H and O–H groups in total. The van der Waals surface area contributed by atoms with Gasteiger partial charge in [-0.25, -0.2) is 0 Å². The number of carbonyl (C=O) groups is 1. The smallest absolute Gasteiger partial charge is 0.219 e. The van der Waals surface area contributed by atoms with Crippen LogP contribution in [0.25, 0.3) is 0 Å². The Morgan fingerprint density at radius 1 is 1.71 bits per heavy atom. The standard InChI is InChI=1S/C4H9NO.Na/c1-3-4(6)5-2;/h3H2,1-2H3,(H,5,6);. The van der Waals surface area contributed by atoms with Gasteiger partial charge in [-0.2, -0.15) is 0 Å². The first-order valence-electron chi connectivity index (χ1n) is 2.01. The molecule has 37 valence electrons. The van der Waals surface area contributed by atoms with Crippen LogP contribution in [0.4, 0.5) is 0 Å². The largest absolute Gasteiger partial charge is 0.359 e. The maximum absolute atomic E-state index is 10.1. The number of amides is 1. The van der Waals surface area contributed by atoms with Crippen LogP contribution in [0.15, 0.2) is 0 Å². The van der Waals surface area contributed by atoms with Gasteiger partial charge in [0.1, 0.15) is 0 Å². The Kier molecular flexibility index (Phi) is 9.66. The van der Waals surface area contributed by atoms with E-state index in [9.17, 15) is 4.79 Å². The van der Waals surface area contributed by atoms with Crippen molar-refractivity contribution >= 4 is 35.5 Å². The molecule has 3 heteroatoms. The average molecular weight is 110 g/mol. The summed E-state index contributed by atoms with van der Waals surface area (Å²) in [5.41, 5.74) is 0. The molecule has 0 aromatic carbocycles. The van der Waals surface area contributed by atoms with E-state index in [1.807, 2.05) is 6.92 Å². The number of rotatable bonds is 1. The molecule has 0 aliphatic carbocycles. The Labute approximate surface area is 66.0 Å². The maximum Gasteiger partial charge on any atom is 0.219 e. The van der Waals surface area contributed by atoms with Crippen LogP contribution in [-0.2, 0) is 4.79 Å². The number of carbonyl (C=O) groups excluding carboxylic acids is 1. The maximum atomic E-state index is 10.1. The van der Waals surface area contributed by atoms with Crippen molar-refractivity contribution in [2.24, 2.45) is 0 Å². The predicted molar refractivity (Wildman–Crippen MR) is 30.1 cm³/mol. The van der Waals surface area contributed by atoms with E-state index in [4.69, 9.17) is 0 Å². The van der Waals surface area contributed by atoms with Gasteiger partial charge in [0.2, 0.25) is 5.91 Å². The molecule has 0 rings (SSSR count). The van der Waals surface area contributed by atoms with Crippen molar-refractivity contribution in [2.75, 3.05) is 7.05 Å². The van der Waals surface area contributed by atoms with Crippen molar-refractivity contribution < 1.29 is 4.79 Å². The van der Waals surface area contributed by atoms with Gasteiger partial charge in [-0.05, 0) is 0 Å². The molecular weight excluding hydrogens is 101 g/mol. The first kappa shape index (κ1) is 10.5. The van der Waals surface area contributed by atoms with Gasteiger partial charge in [-0.3, -0.25) is 4.79 Å². The van der Waals surface area contributed by atoms with E-state index in [1.165, 1.54) is 0 Å². The molecule has 0 saturated heterocycles. The normalized spacial score (nSPS) is 6.57. The second kappa shape index (κ2) is 6.47. The molecule has 0 saturated carbocycles. The van der Waals surface area contributed by atoms with Gasteiger partial charge in [-0.1, -0.05) is 6.92 Å². The minimum atomic E-state index is 0. The summed E-state index contributed by atoms with van der Waals surface area (Å²) < 4.78 is 0. The van der Waals surface area contributed by atoms with E-state index in [0.717, 1.165) is 0 Å². The fourth-order valence-corrected chi connectivity index (χ4v) is 0.177. The van der Waals surface area contributed by atoms with Crippen LogP contribution in [0.1, 0.15) is 13.3 Å². The van der Waals surface area contributed by atoms with Crippen LogP contribution in [0.2, 0.25) is 0 Å². The van der Waals surface area contributed by atoms with Crippen molar-refractivity contribution in [2.45, 2.75) is 13.3 Å². The zero-order valence-corrected chi connectivity index (χ0v) is 7.12. The average Bonchev–Trinajstić information content (AvgIpc) is 1.65. The Morgan fingerprint density at radius 2 is 2.14 bits per heavy atom. The molecule has 0 aromatic rings. The van der Waals surface area contributed by atoms with Crippen LogP contribution in [0.5, 0.6) is 0 Å². The summed E-state index contributed by atoms with van der Waals surface area (Å²) in [7, 11) is 1.63. The molecule has 0 fully saturated rings. The third-order valence-electron chi connectivity index (χ3n) is 0.600. The predicted octanol–water partition coefficient (Wildman–Crippen LogP) is -0.238. The zero-order valence-electron chi connectivity index (χ0n) is 5.12. The molecule has 1 amide bonds. The van der Waals surface area contributed by atoms with Gasteiger partial charge < -0.3 is 5.32 Å². The van der Waals surface area contributed by atoms with E-state index in [0.29, 0.717) is 6.42 Å². The molecule has 7 heavy (non-hydrogen) atoms. The molecule has 0 atom stereocenters. The summed E-state index contributed by atoms with van der Waals surface area (Å²) in [5.74, 6) is 0.0926. The van der Waals surface area contributed by atoms with Gasteiger partial charge >= 0.3 is 0 Å². The van der Waals surface area contributed by atoms with Gasteiger partial charge in [0, 0.05) is 43.0 Å². The van der Waals surface area contributed by atoms with E-state index in [1.54, 1.807) is 7.05 Å². The fourth-order valence-electron chi connectivity index (χ4n) is 0.177. The monoisotopic (exact) mass is 110 g/mol. The van der Waals surface area contributed by atoms with Crippen LogP contribution in [-0.4, -0.2) is 42.5 Å². The Hall–Kier alpha value is 0.470. The molecule has 0 aliphatic rings. The van der Waals surface area contributed by atoms with E-state index >= 15 is 0 Å². The summed E-state index contributed by atoms with van der Waals surface area (Å²) in [6.07, 6.45) is 0.580. The molecule has 0 aromatic heterocycles. The van der Waals surface area contributed by atoms with E-state index in [-0.39, 0.29) is 35.5 Å². The van der Waals surface area contributed by atoms with Crippen molar-refractivity contribution in [3.05, 3.63) is 0 Å². The van der Waals surface area contributed by atoms with E-state index < -0.39 is 0 Å². The van der Waals surface area contributed by atoms with Gasteiger partial charge in [0.05, 0.1) is 0 Å². The molecule has 0 aliphatic heterocycles. The first-order valence-corrected chi connectivity index (χ1v) is 2.01. The van der Waals surface area contributed by atoms with Crippen molar-refractivity contribution in [1.82, 2.24) is 5.32 Å². The number of hydrogen-bond donors (Lipinski definition) is 1. The number of nitrogens with one attached hydrogen (secondary N) is 1. The summed E-state index contributed by atoms with van der Waals surface area (Å²) in [6, 6.07) is 0. The van der Waals surface area contributed by atoms with Crippen molar-refractivity contribution in [1.29, 1.82) is 0 Å². The quantitative estimate of drug-likeness (QED) is 0.464. The summed E-state index contributed by atoms with van der Waals surface area (Å²) in [5, 5.41) is 2.48. The Bertz CT molecular complexity index is 49.7. The minimum absolute atomic E-state index is 0. The van der Waals surface area contributed by atoms with Gasteiger partial charge in [0.25, 0.3) is 0 Å². The van der Waals surface area contributed by atoms with Crippen LogP contribution < -0.4 is 5.32 Å². The van der Waals surface area contributed by atoms with Gasteiger partial charge in [-0.15, -0.1) is 0 Å². The SMILES string of the molecule is CCC(=O)NC.[Na]. The van der Waals surface area contributed by atoms with Crippen LogP contribution in [0.3, 0.4) is 0 Å². The summed E-state index contributed by atoms with van der Waals surface area (Å²) in [4.78, 5) is 10.1. The summed E-state index contributed by atoms with van der Waals surface area (Å²) >= 11 is 0. The molecule has 0 bridgehead atoms. The molecule has 1 radical (unpaired) electrons. The topological polar surface area (TPSA) is 29.1 Å².